The van der Waals surface area contributed by atoms with Gasteiger partial charge in [-0.1, -0.05) is 19.3 Å². The first-order valence-corrected chi connectivity index (χ1v) is 9.45. The quantitative estimate of drug-likeness (QED) is 0.811. The van der Waals surface area contributed by atoms with Crippen LogP contribution < -0.4 is 5.32 Å². The van der Waals surface area contributed by atoms with Crippen LogP contribution in [0, 0.1) is 5.92 Å². The van der Waals surface area contributed by atoms with Crippen molar-refractivity contribution in [1.82, 2.24) is 15.1 Å². The average molecular weight is 321 g/mol. The summed E-state index contributed by atoms with van der Waals surface area (Å²) in [5.41, 5.74) is 0. The van der Waals surface area contributed by atoms with Crippen LogP contribution in [0.5, 0.6) is 0 Å². The van der Waals surface area contributed by atoms with Crippen LogP contribution in [0.1, 0.15) is 57.8 Å². The lowest BCUT2D eigenvalue weighted by atomic mass is 9.88. The van der Waals surface area contributed by atoms with Crippen LogP contribution in [0.2, 0.25) is 0 Å². The molecule has 0 spiro atoms. The molecule has 0 aromatic heterocycles. The van der Waals surface area contributed by atoms with E-state index in [0.29, 0.717) is 6.54 Å². The predicted octanol–water partition coefficient (Wildman–Crippen LogP) is 1.77. The predicted molar refractivity (Wildman–Crippen MR) is 90.0 cm³/mol. The van der Waals surface area contributed by atoms with Crippen LogP contribution in [0.3, 0.4) is 0 Å². The third kappa shape index (κ3) is 4.25. The van der Waals surface area contributed by atoms with E-state index in [9.17, 15) is 9.59 Å². The molecule has 2 amide bonds. The Balaban J connectivity index is 1.46. The highest BCUT2D eigenvalue weighted by molar-refractivity contribution is 5.89. The molecule has 5 heteroatoms. The largest absolute Gasteiger partial charge is 0.353 e. The maximum atomic E-state index is 12.7. The normalized spacial score (nSPS) is 25.8. The molecule has 5 nitrogen and oxygen atoms in total. The first-order chi connectivity index (χ1) is 11.2. The monoisotopic (exact) mass is 321 g/mol. The van der Waals surface area contributed by atoms with Gasteiger partial charge in [0.25, 0.3) is 0 Å². The molecule has 1 unspecified atom stereocenters. The van der Waals surface area contributed by atoms with E-state index in [1.807, 2.05) is 4.90 Å². The lowest BCUT2D eigenvalue weighted by Gasteiger charge is -2.30. The van der Waals surface area contributed by atoms with E-state index >= 15 is 0 Å². The lowest BCUT2D eigenvalue weighted by Crippen LogP contribution is -2.49. The molecule has 0 bridgehead atoms. The molecule has 2 saturated carbocycles. The molecular weight excluding hydrogens is 290 g/mol. The lowest BCUT2D eigenvalue weighted by molar-refractivity contribution is -0.142. The maximum Gasteiger partial charge on any atom is 0.242 e. The molecule has 1 N–H and O–H groups in total. The summed E-state index contributed by atoms with van der Waals surface area (Å²) in [7, 11) is 2.12. The Hall–Kier alpha value is -1.10. The second-order valence-corrected chi connectivity index (χ2v) is 7.53. The standard InChI is InChI=1S/C18H31N3O2/c1-20(15-9-10-15)13-11-19-17(22)16-8-5-12-21(16)18(23)14-6-3-2-4-7-14/h14-16H,2-13H2,1H3,(H,19,22). The smallest absolute Gasteiger partial charge is 0.242 e. The Morgan fingerprint density at radius 1 is 1.04 bits per heavy atom. The van der Waals surface area contributed by atoms with Crippen LogP contribution in [-0.4, -0.2) is 60.4 Å². The van der Waals surface area contributed by atoms with E-state index in [2.05, 4.69) is 17.3 Å². The summed E-state index contributed by atoms with van der Waals surface area (Å²) in [5.74, 6) is 0.450. The van der Waals surface area contributed by atoms with Crippen molar-refractivity contribution < 1.29 is 9.59 Å². The van der Waals surface area contributed by atoms with E-state index in [1.165, 1.54) is 19.3 Å². The van der Waals surface area contributed by atoms with Gasteiger partial charge in [-0.2, -0.15) is 0 Å². The van der Waals surface area contributed by atoms with Gasteiger partial charge in [-0.3, -0.25) is 9.59 Å². The number of amides is 2. The molecule has 2 aliphatic carbocycles. The van der Waals surface area contributed by atoms with Gasteiger partial charge in [-0.05, 0) is 45.6 Å². The van der Waals surface area contributed by atoms with Gasteiger partial charge in [0.1, 0.15) is 6.04 Å². The van der Waals surface area contributed by atoms with Gasteiger partial charge in [0.15, 0.2) is 0 Å². The number of likely N-dealkylation sites (tertiary alicyclic amines) is 1. The number of nitrogens with zero attached hydrogens (tertiary/aromatic N) is 2. The molecule has 0 radical (unpaired) electrons. The van der Waals surface area contributed by atoms with Gasteiger partial charge in [0, 0.05) is 31.6 Å². The minimum atomic E-state index is -0.226. The van der Waals surface area contributed by atoms with Crippen molar-refractivity contribution in [3.63, 3.8) is 0 Å². The summed E-state index contributed by atoms with van der Waals surface area (Å²) in [6, 6.07) is 0.499. The second-order valence-electron chi connectivity index (χ2n) is 7.53. The average Bonchev–Trinajstić information content (AvgIpc) is 3.31. The van der Waals surface area contributed by atoms with Gasteiger partial charge >= 0.3 is 0 Å². The molecule has 1 saturated heterocycles. The third-order valence-corrected chi connectivity index (χ3v) is 5.73. The molecule has 1 aliphatic heterocycles. The van der Waals surface area contributed by atoms with Gasteiger partial charge in [0.05, 0.1) is 0 Å². The zero-order chi connectivity index (χ0) is 16.2. The first-order valence-electron chi connectivity index (χ1n) is 9.45. The number of nitrogens with one attached hydrogen (secondary N) is 1. The molecule has 23 heavy (non-hydrogen) atoms. The van der Waals surface area contributed by atoms with E-state index in [4.69, 9.17) is 0 Å². The molecule has 3 aliphatic rings. The number of likely N-dealkylation sites (N-methyl/N-ethyl adjacent to an activating group) is 1. The van der Waals surface area contributed by atoms with Crippen molar-refractivity contribution in [3.05, 3.63) is 0 Å². The van der Waals surface area contributed by atoms with E-state index < -0.39 is 0 Å². The highest BCUT2D eigenvalue weighted by Gasteiger charge is 2.37. The summed E-state index contributed by atoms with van der Waals surface area (Å²) in [4.78, 5) is 29.4. The summed E-state index contributed by atoms with van der Waals surface area (Å²) in [6.45, 7) is 2.35. The highest BCUT2D eigenvalue weighted by Crippen LogP contribution is 2.29. The topological polar surface area (TPSA) is 52.7 Å². The van der Waals surface area contributed by atoms with Crippen LogP contribution in [0.25, 0.3) is 0 Å². The van der Waals surface area contributed by atoms with E-state index in [-0.39, 0.29) is 23.8 Å². The molecule has 0 aromatic carbocycles. The van der Waals surface area contributed by atoms with Gasteiger partial charge in [-0.15, -0.1) is 0 Å². The van der Waals surface area contributed by atoms with Crippen LogP contribution >= 0.6 is 0 Å². The number of carbonyl (C=O) groups excluding carboxylic acids is 2. The number of carbonyl (C=O) groups is 2. The van der Waals surface area contributed by atoms with Crippen LogP contribution in [0.4, 0.5) is 0 Å². The molecule has 3 fully saturated rings. The summed E-state index contributed by atoms with van der Waals surface area (Å²) >= 11 is 0. The van der Waals surface area contributed by atoms with Crippen molar-refractivity contribution in [2.24, 2.45) is 5.92 Å². The van der Waals surface area contributed by atoms with Crippen molar-refractivity contribution in [3.8, 4) is 0 Å². The van der Waals surface area contributed by atoms with Crippen molar-refractivity contribution in [2.45, 2.75) is 69.9 Å². The van der Waals surface area contributed by atoms with E-state index in [0.717, 1.165) is 57.7 Å². The molecule has 1 heterocycles. The fourth-order valence-corrected chi connectivity index (χ4v) is 4.06. The van der Waals surface area contributed by atoms with Gasteiger partial charge in [0.2, 0.25) is 11.8 Å². The van der Waals surface area contributed by atoms with E-state index in [1.54, 1.807) is 0 Å². The minimum absolute atomic E-state index is 0.0517. The first kappa shape index (κ1) is 16.7. The van der Waals surface area contributed by atoms with Gasteiger partial charge < -0.3 is 15.1 Å². The summed E-state index contributed by atoms with van der Waals surface area (Å²) in [5, 5.41) is 3.05. The van der Waals surface area contributed by atoms with Crippen LogP contribution in [0.15, 0.2) is 0 Å². The Morgan fingerprint density at radius 2 is 1.78 bits per heavy atom. The molecule has 0 aromatic rings. The Bertz CT molecular complexity index is 430. The van der Waals surface area contributed by atoms with Crippen molar-refractivity contribution in [2.75, 3.05) is 26.7 Å². The second kappa shape index (κ2) is 7.65. The third-order valence-electron chi connectivity index (χ3n) is 5.73. The zero-order valence-electron chi connectivity index (χ0n) is 14.4. The summed E-state index contributed by atoms with van der Waals surface area (Å²) < 4.78 is 0. The zero-order valence-corrected chi connectivity index (χ0v) is 14.4. The fraction of sp³-hybridized carbons (Fsp3) is 0.889. The Kier molecular flexibility index (Phi) is 5.57. The fourth-order valence-electron chi connectivity index (χ4n) is 4.06. The van der Waals surface area contributed by atoms with Gasteiger partial charge in [-0.25, -0.2) is 0 Å². The number of hydrogen-bond acceptors (Lipinski definition) is 3. The highest BCUT2D eigenvalue weighted by atomic mass is 16.2. The van der Waals surface area contributed by atoms with Crippen molar-refractivity contribution >= 4 is 11.8 Å². The maximum absolute atomic E-state index is 12.7. The number of rotatable bonds is 6. The molecular formula is C18H31N3O2. The molecule has 3 rings (SSSR count). The number of hydrogen-bond donors (Lipinski definition) is 1. The van der Waals surface area contributed by atoms with Crippen molar-refractivity contribution in [1.29, 1.82) is 0 Å². The molecule has 1 atom stereocenters. The summed E-state index contributed by atoms with van der Waals surface area (Å²) in [6.07, 6.45) is 9.95. The molecule has 130 valence electrons. The Labute approximate surface area is 139 Å². The van der Waals surface area contributed by atoms with Crippen LogP contribution in [-0.2, 0) is 9.59 Å². The SMILES string of the molecule is CN(CCNC(=O)C1CCCN1C(=O)C1CCCCC1)C1CC1. The minimum Gasteiger partial charge on any atom is -0.353 e. The Morgan fingerprint density at radius 3 is 2.48 bits per heavy atom.